The third-order valence-electron chi connectivity index (χ3n) is 4.32. The van der Waals surface area contributed by atoms with Gasteiger partial charge >= 0.3 is 6.03 Å². The number of primary amides is 1. The van der Waals surface area contributed by atoms with E-state index in [1.54, 1.807) is 18.2 Å². The quantitative estimate of drug-likeness (QED) is 0.475. The van der Waals surface area contributed by atoms with Gasteiger partial charge in [-0.1, -0.05) is 25.6 Å². The highest BCUT2D eigenvalue weighted by molar-refractivity contribution is 7.99. The highest BCUT2D eigenvalue weighted by atomic mass is 32.2. The van der Waals surface area contributed by atoms with Crippen molar-refractivity contribution in [1.29, 1.82) is 0 Å². The van der Waals surface area contributed by atoms with Crippen LogP contribution in [0.2, 0.25) is 0 Å². The predicted molar refractivity (Wildman–Crippen MR) is 118 cm³/mol. The van der Waals surface area contributed by atoms with Gasteiger partial charge in [-0.2, -0.15) is 0 Å². The second-order valence-electron chi connectivity index (χ2n) is 7.52. The van der Waals surface area contributed by atoms with Gasteiger partial charge < -0.3 is 25.1 Å². The fourth-order valence-electron chi connectivity index (χ4n) is 2.97. The van der Waals surface area contributed by atoms with Gasteiger partial charge in [0.05, 0.1) is 5.75 Å². The van der Waals surface area contributed by atoms with Crippen molar-refractivity contribution in [3.63, 3.8) is 0 Å². The number of anilines is 1. The Morgan fingerprint density at radius 3 is 2.66 bits per heavy atom. The molecule has 0 spiro atoms. The smallest absolute Gasteiger partial charge is 0.325 e. The van der Waals surface area contributed by atoms with E-state index in [4.69, 9.17) is 15.2 Å². The number of hydrogen-bond acceptors (Lipinski definition) is 8. The number of ether oxygens (including phenoxy) is 2. The predicted octanol–water partition coefficient (Wildman–Crippen LogP) is 1.56. The van der Waals surface area contributed by atoms with Gasteiger partial charge in [-0.15, -0.1) is 10.2 Å². The Morgan fingerprint density at radius 2 is 1.94 bits per heavy atom. The molecule has 12 heteroatoms. The molecule has 3 rings (SSSR count). The van der Waals surface area contributed by atoms with E-state index in [1.165, 1.54) is 0 Å². The molecule has 4 amide bonds. The zero-order valence-corrected chi connectivity index (χ0v) is 18.7. The van der Waals surface area contributed by atoms with Crippen molar-refractivity contribution < 1.29 is 23.9 Å². The summed E-state index contributed by atoms with van der Waals surface area (Å²) in [5.41, 5.74) is 5.70. The van der Waals surface area contributed by atoms with Crippen molar-refractivity contribution >= 4 is 35.3 Å². The maximum atomic E-state index is 12.2. The van der Waals surface area contributed by atoms with Crippen molar-refractivity contribution in [3.8, 4) is 11.5 Å². The Labute approximate surface area is 189 Å². The molecule has 32 heavy (non-hydrogen) atoms. The number of aryl methyl sites for hydroxylation is 1. The molecule has 1 aliphatic heterocycles. The molecule has 4 N–H and O–H groups in total. The van der Waals surface area contributed by atoms with Crippen molar-refractivity contribution in [1.82, 2.24) is 20.1 Å². The van der Waals surface area contributed by atoms with Crippen LogP contribution < -0.4 is 25.8 Å². The lowest BCUT2D eigenvalue weighted by Crippen LogP contribution is -2.35. The first kappa shape index (κ1) is 23.4. The zero-order valence-electron chi connectivity index (χ0n) is 17.9. The Bertz CT molecular complexity index is 993. The first-order valence-corrected chi connectivity index (χ1v) is 11.1. The minimum atomic E-state index is -0.655. The first-order valence-electron chi connectivity index (χ1n) is 10.2. The minimum Gasteiger partial charge on any atom is -0.486 e. The molecule has 0 aliphatic carbocycles. The van der Waals surface area contributed by atoms with Gasteiger partial charge in [0.2, 0.25) is 11.8 Å². The summed E-state index contributed by atoms with van der Waals surface area (Å²) in [6.45, 7) is 5.63. The Hall–Kier alpha value is -3.28. The van der Waals surface area contributed by atoms with Crippen LogP contribution in [0.1, 0.15) is 26.1 Å². The topological polar surface area (TPSA) is 150 Å². The van der Waals surface area contributed by atoms with Gasteiger partial charge in [-0.05, 0) is 18.1 Å². The Balaban J connectivity index is 1.53. The summed E-state index contributed by atoms with van der Waals surface area (Å²) < 4.78 is 12.8. The highest BCUT2D eigenvalue weighted by Gasteiger charge is 2.17. The van der Waals surface area contributed by atoms with E-state index in [0.717, 1.165) is 11.8 Å². The van der Waals surface area contributed by atoms with Crippen molar-refractivity contribution in [3.05, 3.63) is 24.0 Å². The highest BCUT2D eigenvalue weighted by Crippen LogP contribution is 2.32. The lowest BCUT2D eigenvalue weighted by Gasteiger charge is -2.19. The van der Waals surface area contributed by atoms with Gasteiger partial charge in [0.25, 0.3) is 0 Å². The number of nitrogens with one attached hydrogen (secondary N) is 2. The monoisotopic (exact) mass is 462 g/mol. The van der Waals surface area contributed by atoms with Crippen LogP contribution in [0, 0.1) is 5.92 Å². The van der Waals surface area contributed by atoms with Gasteiger partial charge in [-0.25, -0.2) is 4.79 Å². The summed E-state index contributed by atoms with van der Waals surface area (Å²) >= 11 is 1.16. The number of nitrogens with zero attached hydrogens (tertiary/aromatic N) is 3. The molecule has 1 aromatic heterocycles. The summed E-state index contributed by atoms with van der Waals surface area (Å²) in [6, 6.07) is 4.33. The van der Waals surface area contributed by atoms with Crippen LogP contribution in [0.3, 0.4) is 0 Å². The SMILES string of the molecule is CC(C)Cn1c(CCC(N)=O)nnc1SCC(=O)NC(=O)Nc1ccc2c(c1)OCCO2. The minimum absolute atomic E-state index is 0.0272. The molecule has 0 atom stereocenters. The summed E-state index contributed by atoms with van der Waals surface area (Å²) in [6.07, 6.45) is 0.543. The number of aromatic nitrogens is 3. The number of amides is 4. The van der Waals surface area contributed by atoms with Crippen LogP contribution in [0.4, 0.5) is 10.5 Å². The van der Waals surface area contributed by atoms with E-state index in [2.05, 4.69) is 20.8 Å². The summed E-state index contributed by atoms with van der Waals surface area (Å²) in [5.74, 6) is 1.16. The van der Waals surface area contributed by atoms with Gasteiger partial charge in [0.1, 0.15) is 19.0 Å². The largest absolute Gasteiger partial charge is 0.486 e. The number of hydrogen-bond donors (Lipinski definition) is 3. The van der Waals surface area contributed by atoms with E-state index in [1.807, 2.05) is 18.4 Å². The maximum Gasteiger partial charge on any atom is 0.325 e. The van der Waals surface area contributed by atoms with E-state index >= 15 is 0 Å². The van der Waals surface area contributed by atoms with Crippen LogP contribution in [0.25, 0.3) is 0 Å². The van der Waals surface area contributed by atoms with Crippen LogP contribution in [-0.4, -0.2) is 51.6 Å². The standard InChI is InChI=1S/C20H26N6O5S/c1-12(2)10-26-17(6-5-16(21)27)24-25-20(26)32-11-18(28)23-19(29)22-13-3-4-14-15(9-13)31-8-7-30-14/h3-4,9,12H,5-8,10-11H2,1-2H3,(H2,21,27)(H2,22,23,28,29). The molecule has 0 radical (unpaired) electrons. The lowest BCUT2D eigenvalue weighted by molar-refractivity contribution is -0.118. The molecular formula is C20H26N6O5S. The Morgan fingerprint density at radius 1 is 1.19 bits per heavy atom. The van der Waals surface area contributed by atoms with Crippen molar-refractivity contribution in [2.45, 2.75) is 38.4 Å². The fourth-order valence-corrected chi connectivity index (χ4v) is 3.74. The summed E-state index contributed by atoms with van der Waals surface area (Å²) in [4.78, 5) is 35.5. The molecule has 11 nitrogen and oxygen atoms in total. The third-order valence-corrected chi connectivity index (χ3v) is 5.29. The van der Waals surface area contributed by atoms with Crippen molar-refractivity contribution in [2.75, 3.05) is 24.3 Å². The number of benzene rings is 1. The molecule has 0 fully saturated rings. The molecule has 2 heterocycles. The summed E-state index contributed by atoms with van der Waals surface area (Å²) in [5, 5.41) is 13.7. The maximum absolute atomic E-state index is 12.2. The number of thioether (sulfide) groups is 1. The number of urea groups is 1. The molecule has 1 aliphatic rings. The van der Waals surface area contributed by atoms with E-state index < -0.39 is 17.8 Å². The number of carbonyl (C=O) groups excluding carboxylic acids is 3. The molecule has 1 aromatic carbocycles. The van der Waals surface area contributed by atoms with Crippen LogP contribution >= 0.6 is 11.8 Å². The molecule has 0 saturated heterocycles. The van der Waals surface area contributed by atoms with Crippen LogP contribution in [-0.2, 0) is 22.6 Å². The van der Waals surface area contributed by atoms with Gasteiger partial charge in [-0.3, -0.25) is 14.9 Å². The molecule has 0 bridgehead atoms. The molecular weight excluding hydrogens is 436 g/mol. The van der Waals surface area contributed by atoms with E-state index in [0.29, 0.717) is 60.3 Å². The molecule has 172 valence electrons. The summed E-state index contributed by atoms with van der Waals surface area (Å²) in [7, 11) is 0. The molecule has 2 aromatic rings. The number of rotatable bonds is 9. The number of nitrogens with two attached hydrogens (primary N) is 1. The van der Waals surface area contributed by atoms with E-state index in [9.17, 15) is 14.4 Å². The first-order chi connectivity index (χ1) is 15.3. The van der Waals surface area contributed by atoms with Gasteiger partial charge in [0, 0.05) is 31.1 Å². The second-order valence-corrected chi connectivity index (χ2v) is 8.46. The van der Waals surface area contributed by atoms with Gasteiger partial charge in [0.15, 0.2) is 16.7 Å². The van der Waals surface area contributed by atoms with Crippen LogP contribution in [0.15, 0.2) is 23.4 Å². The Kier molecular flexibility index (Phi) is 7.92. The molecule has 0 saturated carbocycles. The average Bonchev–Trinajstić information content (AvgIpc) is 3.11. The second kappa shape index (κ2) is 10.8. The van der Waals surface area contributed by atoms with Crippen LogP contribution in [0.5, 0.6) is 11.5 Å². The number of imide groups is 1. The number of fused-ring (bicyclic) bond motifs is 1. The lowest BCUT2D eigenvalue weighted by atomic mass is 10.2. The normalized spacial score (nSPS) is 12.5. The third kappa shape index (κ3) is 6.61. The number of carbonyl (C=O) groups is 3. The zero-order chi connectivity index (χ0) is 23.1. The van der Waals surface area contributed by atoms with E-state index in [-0.39, 0.29) is 12.2 Å². The van der Waals surface area contributed by atoms with Crippen molar-refractivity contribution in [2.24, 2.45) is 11.7 Å². The average molecular weight is 463 g/mol. The molecule has 0 unspecified atom stereocenters. The fraction of sp³-hybridized carbons (Fsp3) is 0.450.